The van der Waals surface area contributed by atoms with Crippen molar-refractivity contribution in [2.45, 2.75) is 17.7 Å². The van der Waals surface area contributed by atoms with Crippen molar-refractivity contribution < 1.29 is 9.18 Å². The molecule has 1 amide bonds. The molecule has 0 saturated carbocycles. The monoisotopic (exact) mass is 306 g/mol. The van der Waals surface area contributed by atoms with Gasteiger partial charge >= 0.3 is 0 Å². The normalized spacial score (nSPS) is 11.8. The van der Waals surface area contributed by atoms with Crippen molar-refractivity contribution in [3.63, 3.8) is 0 Å². The summed E-state index contributed by atoms with van der Waals surface area (Å²) in [5.74, 6) is -0.990. The minimum Gasteiger partial charge on any atom is -0.299 e. The minimum absolute atomic E-state index is 0.226. The molecule has 7 heteroatoms. The molecule has 1 heterocycles. The van der Waals surface area contributed by atoms with Crippen molar-refractivity contribution in [1.29, 1.82) is 0 Å². The summed E-state index contributed by atoms with van der Waals surface area (Å²) in [6, 6.07) is 4.62. The Morgan fingerprint density at radius 3 is 2.89 bits per heavy atom. The first-order valence-electron chi connectivity index (χ1n) is 5.18. The molecule has 0 fully saturated rings. The Labute approximate surface area is 117 Å². The fourth-order valence-corrected chi connectivity index (χ4v) is 2.29. The second kappa shape index (κ2) is 4.99. The van der Waals surface area contributed by atoms with E-state index in [1.807, 2.05) is 0 Å². The molecule has 0 aliphatic rings. The Kier molecular flexibility index (Phi) is 3.75. The van der Waals surface area contributed by atoms with Crippen molar-refractivity contribution in [1.82, 2.24) is 4.98 Å². The standard InChI is InChI=1S/C11H9Cl2FN2OS/c1-2-11(12,13)9(17)16-10-15-8-6(14)4-3-5-7(8)18-10/h3-5H,2H2,1H3,(H,15,16,17). The molecular formula is C11H9Cl2FN2OS. The van der Waals surface area contributed by atoms with Crippen LogP contribution in [-0.4, -0.2) is 15.2 Å². The summed E-state index contributed by atoms with van der Waals surface area (Å²) < 4.78 is 12.6. The van der Waals surface area contributed by atoms with E-state index in [1.165, 1.54) is 17.4 Å². The molecule has 0 unspecified atom stereocenters. The number of nitrogens with one attached hydrogen (secondary N) is 1. The van der Waals surface area contributed by atoms with Crippen molar-refractivity contribution in [2.24, 2.45) is 0 Å². The van der Waals surface area contributed by atoms with Crippen molar-refractivity contribution in [3.05, 3.63) is 24.0 Å². The number of amides is 1. The van der Waals surface area contributed by atoms with Gasteiger partial charge in [-0.2, -0.15) is 0 Å². The van der Waals surface area contributed by atoms with Crippen LogP contribution < -0.4 is 5.32 Å². The average molecular weight is 307 g/mol. The first-order valence-corrected chi connectivity index (χ1v) is 6.75. The van der Waals surface area contributed by atoms with Crippen LogP contribution in [0.5, 0.6) is 0 Å². The fourth-order valence-electron chi connectivity index (χ4n) is 1.32. The molecule has 3 nitrogen and oxygen atoms in total. The lowest BCUT2D eigenvalue weighted by Crippen LogP contribution is -2.31. The Bertz CT molecular complexity index is 600. The third-order valence-electron chi connectivity index (χ3n) is 2.37. The number of benzene rings is 1. The van der Waals surface area contributed by atoms with E-state index in [2.05, 4.69) is 10.3 Å². The second-order valence-corrected chi connectivity index (χ2v) is 6.13. The number of aromatic nitrogens is 1. The highest BCUT2D eigenvalue weighted by atomic mass is 35.5. The number of hydrogen-bond acceptors (Lipinski definition) is 3. The van der Waals surface area contributed by atoms with E-state index in [1.54, 1.807) is 19.1 Å². The van der Waals surface area contributed by atoms with Crippen LogP contribution in [0.1, 0.15) is 13.3 Å². The Morgan fingerprint density at radius 2 is 2.28 bits per heavy atom. The molecule has 0 radical (unpaired) electrons. The zero-order chi connectivity index (χ0) is 13.3. The Hall–Kier alpha value is -0.910. The number of rotatable bonds is 3. The quantitative estimate of drug-likeness (QED) is 0.872. The first kappa shape index (κ1) is 13.5. The number of fused-ring (bicyclic) bond motifs is 1. The van der Waals surface area contributed by atoms with Gasteiger partial charge in [0, 0.05) is 0 Å². The van der Waals surface area contributed by atoms with E-state index < -0.39 is 16.1 Å². The van der Waals surface area contributed by atoms with Crippen molar-refractivity contribution in [3.8, 4) is 0 Å². The van der Waals surface area contributed by atoms with Gasteiger partial charge in [0.15, 0.2) is 9.46 Å². The van der Waals surface area contributed by atoms with Gasteiger partial charge in [-0.05, 0) is 18.6 Å². The highest BCUT2D eigenvalue weighted by Gasteiger charge is 2.32. The highest BCUT2D eigenvalue weighted by molar-refractivity contribution is 7.22. The van der Waals surface area contributed by atoms with Crippen molar-refractivity contribution >= 4 is 55.8 Å². The van der Waals surface area contributed by atoms with E-state index in [9.17, 15) is 9.18 Å². The molecule has 0 aliphatic heterocycles. The zero-order valence-electron chi connectivity index (χ0n) is 9.34. The average Bonchev–Trinajstić information content (AvgIpc) is 2.73. The third-order valence-corrected chi connectivity index (χ3v) is 4.18. The molecule has 18 heavy (non-hydrogen) atoms. The fraction of sp³-hybridized carbons (Fsp3) is 0.273. The predicted octanol–water partition coefficient (Wildman–Crippen LogP) is 3.96. The largest absolute Gasteiger partial charge is 0.299 e. The number of carbonyl (C=O) groups excluding carboxylic acids is 1. The number of para-hydroxylation sites is 1. The SMILES string of the molecule is CCC(Cl)(Cl)C(=O)Nc1nc2c(F)cccc2s1. The van der Waals surface area contributed by atoms with Gasteiger partial charge in [-0.1, -0.05) is 47.5 Å². The molecule has 0 aliphatic carbocycles. The lowest BCUT2D eigenvalue weighted by Gasteiger charge is -2.14. The molecule has 2 rings (SSSR count). The van der Waals surface area contributed by atoms with Crippen LogP contribution in [0.3, 0.4) is 0 Å². The summed E-state index contributed by atoms with van der Waals surface area (Å²) in [7, 11) is 0. The number of anilines is 1. The van der Waals surface area contributed by atoms with E-state index in [4.69, 9.17) is 23.2 Å². The number of halogens is 3. The summed E-state index contributed by atoms with van der Waals surface area (Å²) in [4.78, 5) is 15.7. The summed E-state index contributed by atoms with van der Waals surface area (Å²) in [6.07, 6.45) is 0.265. The number of hydrogen-bond donors (Lipinski definition) is 1. The van der Waals surface area contributed by atoms with E-state index in [-0.39, 0.29) is 17.1 Å². The summed E-state index contributed by atoms with van der Waals surface area (Å²) in [5.41, 5.74) is 0.226. The third kappa shape index (κ3) is 2.58. The summed E-state index contributed by atoms with van der Waals surface area (Å²) >= 11 is 12.8. The van der Waals surface area contributed by atoms with E-state index >= 15 is 0 Å². The summed E-state index contributed by atoms with van der Waals surface area (Å²) in [5, 5.41) is 2.76. The van der Waals surface area contributed by atoms with Crippen LogP contribution >= 0.6 is 34.5 Å². The Balaban J connectivity index is 2.28. The molecule has 0 spiro atoms. The number of alkyl halides is 2. The minimum atomic E-state index is -1.50. The van der Waals surface area contributed by atoms with Crippen LogP contribution in [0.15, 0.2) is 18.2 Å². The van der Waals surface area contributed by atoms with Gasteiger partial charge in [-0.15, -0.1) is 0 Å². The highest BCUT2D eigenvalue weighted by Crippen LogP contribution is 2.31. The van der Waals surface area contributed by atoms with Crippen LogP contribution in [0.4, 0.5) is 9.52 Å². The van der Waals surface area contributed by atoms with Gasteiger partial charge in [-0.3, -0.25) is 10.1 Å². The van der Waals surface area contributed by atoms with Gasteiger partial charge in [0.2, 0.25) is 0 Å². The maximum atomic E-state index is 13.4. The maximum absolute atomic E-state index is 13.4. The zero-order valence-corrected chi connectivity index (χ0v) is 11.7. The number of nitrogens with zero attached hydrogens (tertiary/aromatic N) is 1. The number of carbonyl (C=O) groups is 1. The van der Waals surface area contributed by atoms with Crippen LogP contribution in [0.25, 0.3) is 10.2 Å². The lowest BCUT2D eigenvalue weighted by molar-refractivity contribution is -0.116. The van der Waals surface area contributed by atoms with Crippen LogP contribution in [0, 0.1) is 5.82 Å². The molecule has 0 saturated heterocycles. The molecule has 2 aromatic rings. The van der Waals surface area contributed by atoms with Gasteiger partial charge in [-0.25, -0.2) is 9.37 Å². The predicted molar refractivity (Wildman–Crippen MR) is 72.9 cm³/mol. The number of thiazole rings is 1. The molecule has 1 aromatic heterocycles. The van der Waals surface area contributed by atoms with E-state index in [0.717, 1.165) is 0 Å². The summed E-state index contributed by atoms with van der Waals surface area (Å²) in [6.45, 7) is 1.69. The Morgan fingerprint density at radius 1 is 1.56 bits per heavy atom. The van der Waals surface area contributed by atoms with Crippen LogP contribution in [0.2, 0.25) is 0 Å². The molecule has 0 atom stereocenters. The molecule has 1 aromatic carbocycles. The van der Waals surface area contributed by atoms with Gasteiger partial charge in [0.1, 0.15) is 11.3 Å². The first-order chi connectivity index (χ1) is 8.44. The lowest BCUT2D eigenvalue weighted by atomic mass is 10.3. The molecule has 1 N–H and O–H groups in total. The van der Waals surface area contributed by atoms with Crippen LogP contribution in [-0.2, 0) is 4.79 Å². The van der Waals surface area contributed by atoms with Gasteiger partial charge in [0.05, 0.1) is 4.70 Å². The van der Waals surface area contributed by atoms with Gasteiger partial charge in [0.25, 0.3) is 5.91 Å². The molecule has 96 valence electrons. The molecular weight excluding hydrogens is 298 g/mol. The smallest absolute Gasteiger partial charge is 0.262 e. The molecule has 0 bridgehead atoms. The van der Waals surface area contributed by atoms with E-state index in [0.29, 0.717) is 4.70 Å². The van der Waals surface area contributed by atoms with Crippen molar-refractivity contribution in [2.75, 3.05) is 5.32 Å². The van der Waals surface area contributed by atoms with Gasteiger partial charge < -0.3 is 0 Å². The second-order valence-electron chi connectivity index (χ2n) is 3.62. The maximum Gasteiger partial charge on any atom is 0.262 e. The topological polar surface area (TPSA) is 42.0 Å².